The molecule has 1 heterocycles. The predicted molar refractivity (Wildman–Crippen MR) is 131 cm³/mol. The SMILES string of the molecule is COc1cccc(NC(=O)C(C)OC(=O)c2c(-c3ccccc3)c3ccccc3c(=O)n2C)c1. The zero-order valence-corrected chi connectivity index (χ0v) is 19.1. The van der Waals surface area contributed by atoms with Gasteiger partial charge in [0.2, 0.25) is 0 Å². The Hall–Kier alpha value is -4.39. The number of nitrogens with one attached hydrogen (secondary N) is 1. The lowest BCUT2D eigenvalue weighted by Gasteiger charge is -2.19. The van der Waals surface area contributed by atoms with Crippen LogP contribution in [0, 0.1) is 0 Å². The van der Waals surface area contributed by atoms with Gasteiger partial charge in [-0.25, -0.2) is 4.79 Å². The van der Waals surface area contributed by atoms with E-state index in [1.165, 1.54) is 25.6 Å². The molecule has 7 heteroatoms. The maximum Gasteiger partial charge on any atom is 0.356 e. The van der Waals surface area contributed by atoms with Crippen LogP contribution in [0.15, 0.2) is 83.7 Å². The Morgan fingerprint density at radius 3 is 2.29 bits per heavy atom. The lowest BCUT2D eigenvalue weighted by molar-refractivity contribution is -0.123. The van der Waals surface area contributed by atoms with Crippen molar-refractivity contribution in [3.63, 3.8) is 0 Å². The molecule has 1 unspecified atom stereocenters. The molecule has 1 amide bonds. The van der Waals surface area contributed by atoms with Crippen molar-refractivity contribution in [3.05, 3.63) is 94.9 Å². The highest BCUT2D eigenvalue weighted by molar-refractivity contribution is 6.07. The molecule has 34 heavy (non-hydrogen) atoms. The van der Waals surface area contributed by atoms with Gasteiger partial charge in [0.1, 0.15) is 11.4 Å². The maximum absolute atomic E-state index is 13.3. The Balaban J connectivity index is 1.70. The summed E-state index contributed by atoms with van der Waals surface area (Å²) in [6.45, 7) is 1.48. The van der Waals surface area contributed by atoms with Gasteiger partial charge in [0.15, 0.2) is 6.10 Å². The van der Waals surface area contributed by atoms with E-state index in [4.69, 9.17) is 9.47 Å². The van der Waals surface area contributed by atoms with Crippen molar-refractivity contribution < 1.29 is 19.1 Å². The summed E-state index contributed by atoms with van der Waals surface area (Å²) in [6, 6.07) is 23.3. The zero-order valence-electron chi connectivity index (χ0n) is 19.1. The number of carbonyl (C=O) groups is 2. The summed E-state index contributed by atoms with van der Waals surface area (Å²) in [5.41, 5.74) is 1.60. The van der Waals surface area contributed by atoms with Gasteiger partial charge in [-0.1, -0.05) is 54.6 Å². The van der Waals surface area contributed by atoms with Crippen LogP contribution in [-0.4, -0.2) is 29.7 Å². The summed E-state index contributed by atoms with van der Waals surface area (Å²) in [7, 11) is 3.06. The van der Waals surface area contributed by atoms with Gasteiger partial charge in [0.25, 0.3) is 11.5 Å². The third-order valence-corrected chi connectivity index (χ3v) is 5.55. The highest BCUT2D eigenvalue weighted by Gasteiger charge is 2.26. The van der Waals surface area contributed by atoms with Crippen LogP contribution in [0.5, 0.6) is 5.75 Å². The molecule has 0 spiro atoms. The third-order valence-electron chi connectivity index (χ3n) is 5.55. The number of hydrogen-bond donors (Lipinski definition) is 1. The molecule has 0 aliphatic rings. The quantitative estimate of drug-likeness (QED) is 0.435. The van der Waals surface area contributed by atoms with Gasteiger partial charge in [0, 0.05) is 29.8 Å². The monoisotopic (exact) mass is 456 g/mol. The third kappa shape index (κ3) is 4.41. The van der Waals surface area contributed by atoms with Crippen molar-refractivity contribution in [2.24, 2.45) is 7.05 Å². The number of pyridine rings is 1. The van der Waals surface area contributed by atoms with Crippen LogP contribution >= 0.6 is 0 Å². The van der Waals surface area contributed by atoms with Gasteiger partial charge in [0.05, 0.1) is 7.11 Å². The Morgan fingerprint density at radius 2 is 1.59 bits per heavy atom. The molecule has 0 aliphatic carbocycles. The number of nitrogens with zero attached hydrogens (tertiary/aromatic N) is 1. The summed E-state index contributed by atoms with van der Waals surface area (Å²) in [6.07, 6.45) is -1.11. The molecule has 4 aromatic rings. The molecule has 0 aliphatic heterocycles. The van der Waals surface area contributed by atoms with Gasteiger partial charge >= 0.3 is 5.97 Å². The highest BCUT2D eigenvalue weighted by Crippen LogP contribution is 2.31. The highest BCUT2D eigenvalue weighted by atomic mass is 16.5. The first-order chi connectivity index (χ1) is 16.4. The predicted octanol–water partition coefficient (Wildman–Crippen LogP) is 4.40. The molecule has 3 aromatic carbocycles. The Bertz CT molecular complexity index is 1430. The van der Waals surface area contributed by atoms with Gasteiger partial charge in [-0.15, -0.1) is 0 Å². The van der Waals surface area contributed by atoms with Crippen LogP contribution in [0.2, 0.25) is 0 Å². The van der Waals surface area contributed by atoms with E-state index in [9.17, 15) is 14.4 Å². The lowest BCUT2D eigenvalue weighted by Crippen LogP contribution is -2.32. The molecule has 0 radical (unpaired) electrons. The molecule has 1 atom stereocenters. The number of carbonyl (C=O) groups excluding carboxylic acids is 2. The first-order valence-corrected chi connectivity index (χ1v) is 10.7. The maximum atomic E-state index is 13.3. The Morgan fingerprint density at radius 1 is 0.912 bits per heavy atom. The molecule has 7 nitrogen and oxygen atoms in total. The second-order valence-corrected chi connectivity index (χ2v) is 7.77. The minimum Gasteiger partial charge on any atom is -0.497 e. The van der Waals surface area contributed by atoms with E-state index in [0.717, 1.165) is 5.56 Å². The fraction of sp³-hybridized carbons (Fsp3) is 0.148. The summed E-state index contributed by atoms with van der Waals surface area (Å²) >= 11 is 0. The minimum atomic E-state index is -1.11. The number of fused-ring (bicyclic) bond motifs is 1. The van der Waals surface area contributed by atoms with Gasteiger partial charge < -0.3 is 19.4 Å². The fourth-order valence-electron chi connectivity index (χ4n) is 3.82. The Labute approximate surface area is 196 Å². The smallest absolute Gasteiger partial charge is 0.356 e. The van der Waals surface area contributed by atoms with Crippen LogP contribution in [0.25, 0.3) is 21.9 Å². The molecule has 0 bridgehead atoms. The molecular formula is C27H24N2O5. The van der Waals surface area contributed by atoms with E-state index >= 15 is 0 Å². The van der Waals surface area contributed by atoms with Gasteiger partial charge in [-0.2, -0.15) is 0 Å². The number of anilines is 1. The van der Waals surface area contributed by atoms with Gasteiger partial charge in [-0.3, -0.25) is 9.59 Å². The molecule has 0 saturated carbocycles. The molecule has 4 rings (SSSR count). The summed E-state index contributed by atoms with van der Waals surface area (Å²) in [5.74, 6) is -0.688. The summed E-state index contributed by atoms with van der Waals surface area (Å²) in [5, 5.41) is 3.84. The van der Waals surface area contributed by atoms with Gasteiger partial charge in [-0.05, 0) is 36.1 Å². The van der Waals surface area contributed by atoms with Crippen molar-refractivity contribution in [2.75, 3.05) is 12.4 Å². The van der Waals surface area contributed by atoms with Crippen molar-refractivity contribution in [3.8, 4) is 16.9 Å². The summed E-state index contributed by atoms with van der Waals surface area (Å²) in [4.78, 5) is 39.1. The molecule has 1 N–H and O–H groups in total. The van der Waals surface area contributed by atoms with Crippen LogP contribution < -0.4 is 15.6 Å². The number of hydrogen-bond acceptors (Lipinski definition) is 5. The van der Waals surface area contributed by atoms with Crippen LogP contribution in [0.4, 0.5) is 5.69 Å². The van der Waals surface area contributed by atoms with Crippen molar-refractivity contribution >= 4 is 28.3 Å². The number of amides is 1. The normalized spacial score (nSPS) is 11.6. The second-order valence-electron chi connectivity index (χ2n) is 7.77. The molecule has 172 valence electrons. The first kappa shape index (κ1) is 22.8. The van der Waals surface area contributed by atoms with E-state index < -0.39 is 18.0 Å². The molecular weight excluding hydrogens is 432 g/mol. The van der Waals surface area contributed by atoms with Crippen LogP contribution in [-0.2, 0) is 16.6 Å². The second kappa shape index (κ2) is 9.62. The number of aromatic nitrogens is 1. The van der Waals surface area contributed by atoms with E-state index in [2.05, 4.69) is 5.32 Å². The number of ether oxygens (including phenoxy) is 2. The summed E-state index contributed by atoms with van der Waals surface area (Å²) < 4.78 is 12.0. The largest absolute Gasteiger partial charge is 0.497 e. The van der Waals surface area contributed by atoms with E-state index in [1.54, 1.807) is 42.5 Å². The molecule has 1 aromatic heterocycles. The first-order valence-electron chi connectivity index (χ1n) is 10.7. The van der Waals surface area contributed by atoms with Crippen molar-refractivity contribution in [1.29, 1.82) is 0 Å². The standard InChI is InChI=1S/C27H24N2O5/c1-17(25(30)28-19-12-9-13-20(16-19)33-3)34-27(32)24-23(18-10-5-4-6-11-18)21-14-7-8-15-22(21)26(31)29(24)2/h4-17H,1-3H3,(H,28,30). The molecule has 0 fully saturated rings. The van der Waals surface area contributed by atoms with E-state index in [-0.39, 0.29) is 11.3 Å². The number of rotatable bonds is 6. The van der Waals surface area contributed by atoms with Crippen molar-refractivity contribution in [1.82, 2.24) is 4.57 Å². The Kier molecular flexibility index (Phi) is 6.45. The zero-order chi connectivity index (χ0) is 24.2. The van der Waals surface area contributed by atoms with E-state index in [1.807, 2.05) is 36.4 Å². The topological polar surface area (TPSA) is 86.6 Å². The number of benzene rings is 3. The van der Waals surface area contributed by atoms with E-state index in [0.29, 0.717) is 27.8 Å². The van der Waals surface area contributed by atoms with Crippen molar-refractivity contribution in [2.45, 2.75) is 13.0 Å². The minimum absolute atomic E-state index is 0.0796. The number of esters is 1. The molecule has 0 saturated heterocycles. The number of methoxy groups -OCH3 is 1. The average molecular weight is 456 g/mol. The van der Waals surface area contributed by atoms with Crippen LogP contribution in [0.1, 0.15) is 17.4 Å². The average Bonchev–Trinajstić information content (AvgIpc) is 2.86. The van der Waals surface area contributed by atoms with Crippen LogP contribution in [0.3, 0.4) is 0 Å². The lowest BCUT2D eigenvalue weighted by atomic mass is 9.97. The fourth-order valence-corrected chi connectivity index (χ4v) is 3.82.